The molecule has 0 fully saturated rings. The highest BCUT2D eigenvalue weighted by Gasteiger charge is 2.37. The number of thiophene rings is 1. The average Bonchev–Trinajstić information content (AvgIpc) is 3.79. The van der Waals surface area contributed by atoms with E-state index >= 15 is 0 Å². The van der Waals surface area contributed by atoms with Gasteiger partial charge in [0.1, 0.15) is 0 Å². The van der Waals surface area contributed by atoms with Gasteiger partial charge in [-0.2, -0.15) is 0 Å². The quantitative estimate of drug-likeness (QED) is 0.157. The zero-order valence-corrected chi connectivity index (χ0v) is 34.2. The van der Waals surface area contributed by atoms with Gasteiger partial charge in [-0.05, 0) is 128 Å². The Bertz CT molecular complexity index is 3740. The molecule has 0 saturated carbocycles. The molecule has 0 N–H and O–H groups in total. The molecule has 1 heterocycles. The maximum absolute atomic E-state index is 2.47. The lowest BCUT2D eigenvalue weighted by atomic mass is 9.79. The van der Waals surface area contributed by atoms with Gasteiger partial charge in [0.15, 0.2) is 0 Å². The van der Waals surface area contributed by atoms with Crippen LogP contribution in [0.4, 0.5) is 0 Å². The van der Waals surface area contributed by atoms with Crippen molar-refractivity contribution < 1.29 is 0 Å². The molecule has 0 radical (unpaired) electrons. The second-order valence-corrected chi connectivity index (χ2v) is 18.2. The number of hydrogen-bond acceptors (Lipinski definition) is 1. The first-order chi connectivity index (χ1) is 29.5. The Morgan fingerprint density at radius 3 is 1.58 bits per heavy atom. The molecule has 12 aromatic rings. The Morgan fingerprint density at radius 2 is 0.867 bits per heavy atom. The SMILES string of the molecule is CC1(C)c2ccc(-c3ccc(-c4c5ccccc5c(-c5cccc6ccccc56)c5ccccc45)c4ccccc34)cc2-c2ccc3c(ccc4sc5ccccc5c43)c21. The summed E-state index contributed by atoms with van der Waals surface area (Å²) < 4.78 is 2.71. The average molecular weight is 779 g/mol. The van der Waals surface area contributed by atoms with Gasteiger partial charge >= 0.3 is 0 Å². The van der Waals surface area contributed by atoms with E-state index < -0.39 is 0 Å². The van der Waals surface area contributed by atoms with Crippen molar-refractivity contribution >= 4 is 85.4 Å². The minimum atomic E-state index is -0.131. The predicted molar refractivity (Wildman–Crippen MR) is 261 cm³/mol. The lowest BCUT2D eigenvalue weighted by molar-refractivity contribution is 0.666. The van der Waals surface area contributed by atoms with Crippen molar-refractivity contribution in [2.45, 2.75) is 19.3 Å². The van der Waals surface area contributed by atoms with Gasteiger partial charge in [0.2, 0.25) is 0 Å². The summed E-state index contributed by atoms with van der Waals surface area (Å²) in [5, 5.41) is 15.6. The molecule has 0 bridgehead atoms. The van der Waals surface area contributed by atoms with Gasteiger partial charge in [-0.1, -0.05) is 190 Å². The van der Waals surface area contributed by atoms with Crippen LogP contribution in [0.1, 0.15) is 25.0 Å². The van der Waals surface area contributed by atoms with E-state index in [2.05, 4.69) is 208 Å². The van der Waals surface area contributed by atoms with Crippen LogP contribution in [-0.4, -0.2) is 0 Å². The highest BCUT2D eigenvalue weighted by Crippen LogP contribution is 2.54. The van der Waals surface area contributed by atoms with Crippen molar-refractivity contribution in [3.63, 3.8) is 0 Å². The lowest BCUT2D eigenvalue weighted by Crippen LogP contribution is -2.15. The number of rotatable bonds is 3. The molecule has 1 heteroatoms. The molecule has 0 aliphatic heterocycles. The van der Waals surface area contributed by atoms with Crippen molar-refractivity contribution in [3.8, 4) is 44.5 Å². The molecule has 0 unspecified atom stereocenters. The van der Waals surface area contributed by atoms with E-state index in [0.29, 0.717) is 0 Å². The van der Waals surface area contributed by atoms with Crippen LogP contribution in [0.25, 0.3) is 119 Å². The Kier molecular flexibility index (Phi) is 7.04. The maximum atomic E-state index is 2.47. The lowest BCUT2D eigenvalue weighted by Gasteiger charge is -2.23. The summed E-state index contributed by atoms with van der Waals surface area (Å²) in [6.45, 7) is 4.83. The van der Waals surface area contributed by atoms with Crippen LogP contribution in [0.3, 0.4) is 0 Å². The Balaban J connectivity index is 1.01. The molecule has 1 aliphatic carbocycles. The van der Waals surface area contributed by atoms with E-state index in [1.54, 1.807) is 0 Å². The topological polar surface area (TPSA) is 0 Å². The Hall–Kier alpha value is -7.06. The molecule has 1 aliphatic rings. The summed E-state index contributed by atoms with van der Waals surface area (Å²) in [6, 6.07) is 73.0. The maximum Gasteiger partial charge on any atom is 0.0361 e. The van der Waals surface area contributed by atoms with E-state index in [1.165, 1.54) is 130 Å². The first-order valence-corrected chi connectivity index (χ1v) is 21.8. The number of benzene rings is 11. The highest BCUT2D eigenvalue weighted by molar-refractivity contribution is 7.26. The third-order valence-electron chi connectivity index (χ3n) is 13.6. The van der Waals surface area contributed by atoms with E-state index in [0.717, 1.165) is 0 Å². The Labute approximate surface area is 352 Å². The van der Waals surface area contributed by atoms with Crippen LogP contribution in [0.2, 0.25) is 0 Å². The summed E-state index contributed by atoms with van der Waals surface area (Å²) in [6.07, 6.45) is 0. The van der Waals surface area contributed by atoms with E-state index in [-0.39, 0.29) is 5.41 Å². The smallest absolute Gasteiger partial charge is 0.0361 e. The van der Waals surface area contributed by atoms with Crippen LogP contribution < -0.4 is 0 Å². The van der Waals surface area contributed by atoms with E-state index in [1.807, 2.05) is 11.3 Å². The normalized spacial score (nSPS) is 13.3. The van der Waals surface area contributed by atoms with Crippen LogP contribution >= 0.6 is 11.3 Å². The summed E-state index contributed by atoms with van der Waals surface area (Å²) in [7, 11) is 0. The zero-order chi connectivity index (χ0) is 39.7. The number of hydrogen-bond donors (Lipinski definition) is 0. The summed E-state index contributed by atoms with van der Waals surface area (Å²) in [5.74, 6) is 0. The second-order valence-electron chi connectivity index (χ2n) is 17.1. The van der Waals surface area contributed by atoms with Crippen LogP contribution in [0.15, 0.2) is 194 Å². The first-order valence-electron chi connectivity index (χ1n) is 21.0. The van der Waals surface area contributed by atoms with Crippen LogP contribution in [0, 0.1) is 0 Å². The monoisotopic (exact) mass is 778 g/mol. The molecule has 11 aromatic carbocycles. The molecular formula is C59H38S. The summed E-state index contributed by atoms with van der Waals surface area (Å²) >= 11 is 1.90. The molecule has 0 nitrogen and oxygen atoms in total. The van der Waals surface area contributed by atoms with Gasteiger partial charge in [0, 0.05) is 25.6 Å². The van der Waals surface area contributed by atoms with Crippen molar-refractivity contribution in [1.82, 2.24) is 0 Å². The first kappa shape index (κ1) is 33.9. The molecule has 0 spiro atoms. The van der Waals surface area contributed by atoms with E-state index in [4.69, 9.17) is 0 Å². The fourth-order valence-electron chi connectivity index (χ4n) is 11.1. The minimum Gasteiger partial charge on any atom is -0.135 e. The van der Waals surface area contributed by atoms with Gasteiger partial charge in [-0.25, -0.2) is 0 Å². The van der Waals surface area contributed by atoms with Crippen molar-refractivity contribution in [3.05, 3.63) is 205 Å². The fraction of sp³-hybridized carbons (Fsp3) is 0.0508. The van der Waals surface area contributed by atoms with Gasteiger partial charge in [0.25, 0.3) is 0 Å². The van der Waals surface area contributed by atoms with Gasteiger partial charge in [-0.3, -0.25) is 0 Å². The number of fused-ring (bicyclic) bond motifs is 13. The van der Waals surface area contributed by atoms with Gasteiger partial charge < -0.3 is 0 Å². The molecule has 0 atom stereocenters. The summed E-state index contributed by atoms with van der Waals surface area (Å²) in [4.78, 5) is 0. The van der Waals surface area contributed by atoms with Crippen molar-refractivity contribution in [2.24, 2.45) is 0 Å². The van der Waals surface area contributed by atoms with Crippen molar-refractivity contribution in [2.75, 3.05) is 0 Å². The Morgan fingerprint density at radius 1 is 0.333 bits per heavy atom. The van der Waals surface area contributed by atoms with Gasteiger partial charge in [-0.15, -0.1) is 11.3 Å². The van der Waals surface area contributed by atoms with E-state index in [9.17, 15) is 0 Å². The third-order valence-corrected chi connectivity index (χ3v) is 14.8. The molecular weight excluding hydrogens is 741 g/mol. The molecule has 60 heavy (non-hydrogen) atoms. The second kappa shape index (κ2) is 12.5. The zero-order valence-electron chi connectivity index (χ0n) is 33.4. The third kappa shape index (κ3) is 4.61. The van der Waals surface area contributed by atoms with Crippen LogP contribution in [-0.2, 0) is 5.41 Å². The highest BCUT2D eigenvalue weighted by atomic mass is 32.1. The molecule has 0 saturated heterocycles. The standard InChI is InChI=1S/C59H38S/c1-59(2)52-32-26-36(34-51(52)49-30-29-47-48(58(49)59)31-33-54-57(47)50-23-11-12-25-53(50)60-54)38-27-28-46(40-18-6-5-17-39(38)40)56-44-21-9-7-19-42(44)55(43-20-8-10-22-45(43)56)41-24-13-15-35-14-3-4-16-37(35)41/h3-34H,1-2H3. The largest absolute Gasteiger partial charge is 0.135 e. The fourth-order valence-corrected chi connectivity index (χ4v) is 12.2. The molecule has 0 amide bonds. The minimum absolute atomic E-state index is 0.131. The molecule has 1 aromatic heterocycles. The predicted octanol–water partition coefficient (Wildman–Crippen LogP) is 17.1. The summed E-state index contributed by atoms with van der Waals surface area (Å²) in [5.41, 5.74) is 13.0. The van der Waals surface area contributed by atoms with Gasteiger partial charge in [0.05, 0.1) is 0 Å². The van der Waals surface area contributed by atoms with Crippen molar-refractivity contribution in [1.29, 1.82) is 0 Å². The molecule has 280 valence electrons. The molecule has 13 rings (SSSR count). The van der Waals surface area contributed by atoms with Crippen LogP contribution in [0.5, 0.6) is 0 Å².